The monoisotopic (exact) mass is 382 g/mol. The van der Waals surface area contributed by atoms with Crippen LogP contribution in [-0.4, -0.2) is 39.6 Å². The Labute approximate surface area is 151 Å². The van der Waals surface area contributed by atoms with Gasteiger partial charge in [-0.3, -0.25) is 4.90 Å². The molecule has 2 aromatic carbocycles. The summed E-state index contributed by atoms with van der Waals surface area (Å²) in [5, 5.41) is 0. The third kappa shape index (κ3) is 4.85. The molecule has 1 N–H and O–H groups in total. The molecule has 1 aliphatic rings. The van der Waals surface area contributed by atoms with Crippen LogP contribution in [0.3, 0.4) is 0 Å². The Balaban J connectivity index is 1.72. The highest BCUT2D eigenvalue weighted by molar-refractivity contribution is 7.89. The fourth-order valence-electron chi connectivity index (χ4n) is 2.82. The lowest BCUT2D eigenvalue weighted by Crippen LogP contribution is -2.36. The third-order valence-electron chi connectivity index (χ3n) is 4.22. The number of hydrogen-bond acceptors (Lipinski definition) is 4. The number of sulfonamides is 1. The van der Waals surface area contributed by atoms with E-state index in [2.05, 4.69) is 9.62 Å². The highest BCUT2D eigenvalue weighted by Crippen LogP contribution is 2.16. The van der Waals surface area contributed by atoms with Gasteiger partial charge in [0.1, 0.15) is 11.6 Å². The van der Waals surface area contributed by atoms with Crippen LogP contribution >= 0.6 is 0 Å². The van der Waals surface area contributed by atoms with E-state index >= 15 is 0 Å². The quantitative estimate of drug-likeness (QED) is 0.833. The molecule has 5 nitrogen and oxygen atoms in total. The second kappa shape index (κ2) is 8.22. The summed E-state index contributed by atoms with van der Waals surface area (Å²) in [6.45, 7) is 3.74. The lowest BCUT2D eigenvalue weighted by molar-refractivity contribution is 0.0341. The number of hydrogen-bond donors (Lipinski definition) is 1. The van der Waals surface area contributed by atoms with Crippen LogP contribution in [0.2, 0.25) is 0 Å². The lowest BCUT2D eigenvalue weighted by atomic mass is 10.1. The molecule has 0 bridgehead atoms. The molecule has 1 saturated heterocycles. The summed E-state index contributed by atoms with van der Waals surface area (Å²) >= 11 is 0. The van der Waals surface area contributed by atoms with E-state index < -0.39 is 26.6 Å². The minimum Gasteiger partial charge on any atom is -0.379 e. The molecule has 0 aromatic heterocycles. The predicted molar refractivity (Wildman–Crippen MR) is 92.9 cm³/mol. The fraction of sp³-hybridized carbons (Fsp3) is 0.333. The second-order valence-corrected chi connectivity index (χ2v) is 7.85. The summed E-state index contributed by atoms with van der Waals surface area (Å²) in [7, 11) is -4.02. The summed E-state index contributed by atoms with van der Waals surface area (Å²) in [4.78, 5) is 1.80. The SMILES string of the molecule is O=S(=O)(NCc1ccccc1CN1CCOCC1)c1cc(F)cc(F)c1. The van der Waals surface area contributed by atoms with Crippen molar-refractivity contribution in [3.8, 4) is 0 Å². The van der Waals surface area contributed by atoms with Gasteiger partial charge in [0, 0.05) is 32.2 Å². The van der Waals surface area contributed by atoms with Gasteiger partial charge in [-0.1, -0.05) is 24.3 Å². The Bertz CT molecular complexity index is 848. The minimum absolute atomic E-state index is 0.0426. The molecule has 0 radical (unpaired) electrons. The Morgan fingerprint density at radius 3 is 2.27 bits per heavy atom. The van der Waals surface area contributed by atoms with Crippen LogP contribution < -0.4 is 4.72 Å². The zero-order valence-electron chi connectivity index (χ0n) is 14.1. The molecule has 0 saturated carbocycles. The van der Waals surface area contributed by atoms with Crippen LogP contribution in [0.4, 0.5) is 8.78 Å². The summed E-state index contributed by atoms with van der Waals surface area (Å²) in [6, 6.07) is 9.74. The number of rotatable bonds is 6. The normalized spacial score (nSPS) is 15.9. The van der Waals surface area contributed by atoms with Gasteiger partial charge in [0.25, 0.3) is 0 Å². The second-order valence-electron chi connectivity index (χ2n) is 6.09. The van der Waals surface area contributed by atoms with E-state index in [1.807, 2.05) is 24.3 Å². The van der Waals surface area contributed by atoms with E-state index in [-0.39, 0.29) is 6.54 Å². The molecular formula is C18H20F2N2O3S. The number of nitrogens with one attached hydrogen (secondary N) is 1. The molecule has 0 spiro atoms. The fourth-order valence-corrected chi connectivity index (χ4v) is 3.87. The van der Waals surface area contributed by atoms with E-state index in [1.54, 1.807) is 0 Å². The van der Waals surface area contributed by atoms with Gasteiger partial charge in [0.15, 0.2) is 0 Å². The first-order chi connectivity index (χ1) is 12.4. The molecule has 0 unspecified atom stereocenters. The van der Waals surface area contributed by atoms with E-state index in [1.165, 1.54) is 0 Å². The number of benzene rings is 2. The molecule has 3 rings (SSSR count). The molecular weight excluding hydrogens is 362 g/mol. The van der Waals surface area contributed by atoms with Crippen LogP contribution in [0.1, 0.15) is 11.1 Å². The molecule has 2 aromatic rings. The van der Waals surface area contributed by atoms with Crippen molar-refractivity contribution in [3.05, 3.63) is 65.2 Å². The van der Waals surface area contributed by atoms with E-state index in [9.17, 15) is 17.2 Å². The lowest BCUT2D eigenvalue weighted by Gasteiger charge is -2.27. The average Bonchev–Trinajstić information content (AvgIpc) is 2.61. The van der Waals surface area contributed by atoms with Crippen LogP contribution in [0, 0.1) is 11.6 Å². The van der Waals surface area contributed by atoms with Gasteiger partial charge in [-0.05, 0) is 23.3 Å². The van der Waals surface area contributed by atoms with Gasteiger partial charge in [0.2, 0.25) is 10.0 Å². The minimum atomic E-state index is -4.02. The van der Waals surface area contributed by atoms with Gasteiger partial charge >= 0.3 is 0 Å². The first kappa shape index (κ1) is 18.9. The van der Waals surface area contributed by atoms with Crippen molar-refractivity contribution >= 4 is 10.0 Å². The van der Waals surface area contributed by atoms with Crippen molar-refractivity contribution in [1.82, 2.24) is 9.62 Å². The summed E-state index contributed by atoms with van der Waals surface area (Å²) in [6.07, 6.45) is 0. The average molecular weight is 382 g/mol. The summed E-state index contributed by atoms with van der Waals surface area (Å²) in [5.74, 6) is -1.86. The van der Waals surface area contributed by atoms with Crippen LogP contribution in [-0.2, 0) is 27.8 Å². The Hall–Kier alpha value is -1.87. The van der Waals surface area contributed by atoms with Crippen LogP contribution in [0.25, 0.3) is 0 Å². The smallest absolute Gasteiger partial charge is 0.241 e. The molecule has 8 heteroatoms. The van der Waals surface area contributed by atoms with E-state index in [0.717, 1.165) is 36.3 Å². The number of morpholine rings is 1. The zero-order valence-corrected chi connectivity index (χ0v) is 14.9. The highest BCUT2D eigenvalue weighted by atomic mass is 32.2. The maximum Gasteiger partial charge on any atom is 0.241 e. The van der Waals surface area contributed by atoms with Gasteiger partial charge in [-0.2, -0.15) is 0 Å². The van der Waals surface area contributed by atoms with Crippen LogP contribution in [0.15, 0.2) is 47.4 Å². The number of ether oxygens (including phenoxy) is 1. The van der Waals surface area contributed by atoms with Crippen molar-refractivity contribution in [2.75, 3.05) is 26.3 Å². The molecule has 140 valence electrons. The molecule has 1 fully saturated rings. The first-order valence-electron chi connectivity index (χ1n) is 8.27. The molecule has 1 heterocycles. The highest BCUT2D eigenvalue weighted by Gasteiger charge is 2.18. The summed E-state index contributed by atoms with van der Waals surface area (Å²) < 4.78 is 59.0. The van der Waals surface area contributed by atoms with Gasteiger partial charge in [-0.15, -0.1) is 0 Å². The largest absolute Gasteiger partial charge is 0.379 e. The van der Waals surface area contributed by atoms with Gasteiger partial charge < -0.3 is 4.74 Å². The van der Waals surface area contributed by atoms with E-state index in [0.29, 0.717) is 25.8 Å². The van der Waals surface area contributed by atoms with Gasteiger partial charge in [0.05, 0.1) is 18.1 Å². The maximum absolute atomic E-state index is 13.3. The Kier molecular flexibility index (Phi) is 5.98. The molecule has 0 atom stereocenters. The third-order valence-corrected chi connectivity index (χ3v) is 5.60. The predicted octanol–water partition coefficient (Wildman–Crippen LogP) is 2.28. The first-order valence-corrected chi connectivity index (χ1v) is 9.75. The molecule has 1 aliphatic heterocycles. The molecule has 0 amide bonds. The van der Waals surface area contributed by atoms with E-state index in [4.69, 9.17) is 4.74 Å². The van der Waals surface area contributed by atoms with Crippen LogP contribution in [0.5, 0.6) is 0 Å². The Morgan fingerprint density at radius 1 is 1.00 bits per heavy atom. The summed E-state index contributed by atoms with van der Waals surface area (Å²) in [5.41, 5.74) is 1.82. The van der Waals surface area contributed by atoms with Crippen molar-refractivity contribution in [1.29, 1.82) is 0 Å². The van der Waals surface area contributed by atoms with Crippen molar-refractivity contribution in [2.45, 2.75) is 18.0 Å². The Morgan fingerprint density at radius 2 is 1.62 bits per heavy atom. The zero-order chi connectivity index (χ0) is 18.6. The van der Waals surface area contributed by atoms with Crippen molar-refractivity contribution in [2.24, 2.45) is 0 Å². The van der Waals surface area contributed by atoms with Gasteiger partial charge in [-0.25, -0.2) is 21.9 Å². The van der Waals surface area contributed by atoms with Crippen molar-refractivity contribution < 1.29 is 21.9 Å². The number of halogens is 2. The molecule has 0 aliphatic carbocycles. The maximum atomic E-state index is 13.3. The molecule has 26 heavy (non-hydrogen) atoms. The standard InChI is InChI=1S/C18H20F2N2O3S/c19-16-9-17(20)11-18(10-16)26(23,24)21-12-14-3-1-2-4-15(14)13-22-5-7-25-8-6-22/h1-4,9-11,21H,5-8,12-13H2. The number of nitrogens with zero attached hydrogens (tertiary/aromatic N) is 1. The topological polar surface area (TPSA) is 58.6 Å². The van der Waals surface area contributed by atoms with Crippen molar-refractivity contribution in [3.63, 3.8) is 0 Å².